The molecule has 3 N–H and O–H groups in total. The molecule has 6 heteroatoms. The third-order valence-electron chi connectivity index (χ3n) is 2.33. The van der Waals surface area contributed by atoms with Gasteiger partial charge in [-0.2, -0.15) is 0 Å². The van der Waals surface area contributed by atoms with Crippen LogP contribution in [0.3, 0.4) is 0 Å². The summed E-state index contributed by atoms with van der Waals surface area (Å²) in [7, 11) is 0. The van der Waals surface area contributed by atoms with Gasteiger partial charge in [-0.05, 0) is 30.3 Å². The van der Waals surface area contributed by atoms with Crippen molar-refractivity contribution in [3.05, 3.63) is 59.4 Å². The average molecular weight is 282 g/mol. The molecular formula is C13H9F3N2S. The van der Waals surface area contributed by atoms with Crippen LogP contribution in [0.5, 0.6) is 0 Å². The van der Waals surface area contributed by atoms with Gasteiger partial charge in [-0.1, -0.05) is 17.8 Å². The number of benzene rings is 2. The first kappa shape index (κ1) is 13.5. The fraction of sp³-hybridized carbons (Fsp3) is 0. The van der Waals surface area contributed by atoms with Crippen molar-refractivity contribution in [3.8, 4) is 0 Å². The summed E-state index contributed by atoms with van der Waals surface area (Å²) >= 11 is 0.774. The molecule has 98 valence electrons. The van der Waals surface area contributed by atoms with Crippen molar-refractivity contribution < 1.29 is 13.2 Å². The quantitative estimate of drug-likeness (QED) is 0.668. The van der Waals surface area contributed by atoms with Crippen LogP contribution >= 0.6 is 11.8 Å². The summed E-state index contributed by atoms with van der Waals surface area (Å²) in [5.74, 6) is -2.56. The maximum Gasteiger partial charge on any atom is 0.140 e. The highest BCUT2D eigenvalue weighted by Crippen LogP contribution is 2.32. The second kappa shape index (κ2) is 5.36. The summed E-state index contributed by atoms with van der Waals surface area (Å²) in [5.41, 5.74) is 5.14. The van der Waals surface area contributed by atoms with Crippen molar-refractivity contribution in [2.45, 2.75) is 9.79 Å². The van der Waals surface area contributed by atoms with E-state index in [1.807, 2.05) is 0 Å². The third kappa shape index (κ3) is 3.08. The predicted molar refractivity (Wildman–Crippen MR) is 67.9 cm³/mol. The summed E-state index contributed by atoms with van der Waals surface area (Å²) in [6, 6.07) is 7.39. The number of nitrogen functional groups attached to an aromatic ring is 1. The summed E-state index contributed by atoms with van der Waals surface area (Å²) in [6.07, 6.45) is 0. The maximum absolute atomic E-state index is 13.8. The van der Waals surface area contributed by atoms with Crippen molar-refractivity contribution in [3.63, 3.8) is 0 Å². The van der Waals surface area contributed by atoms with E-state index in [4.69, 9.17) is 11.1 Å². The second-order valence-electron chi connectivity index (χ2n) is 3.74. The number of hydrogen-bond acceptors (Lipinski definition) is 2. The predicted octanol–water partition coefficient (Wildman–Crippen LogP) is 3.54. The molecule has 0 aromatic heterocycles. The van der Waals surface area contributed by atoms with Gasteiger partial charge in [0.05, 0.1) is 4.90 Å². The Labute approximate surface area is 111 Å². The van der Waals surface area contributed by atoms with E-state index < -0.39 is 23.3 Å². The van der Waals surface area contributed by atoms with E-state index in [-0.39, 0.29) is 10.5 Å². The van der Waals surface area contributed by atoms with Crippen molar-refractivity contribution in [2.75, 3.05) is 0 Å². The van der Waals surface area contributed by atoms with Gasteiger partial charge in [0, 0.05) is 10.5 Å². The molecule has 2 rings (SSSR count). The van der Waals surface area contributed by atoms with Crippen LogP contribution in [0.15, 0.2) is 46.2 Å². The van der Waals surface area contributed by atoms with Crippen LogP contribution in [0.25, 0.3) is 0 Å². The molecule has 2 aromatic carbocycles. The molecule has 0 aliphatic heterocycles. The normalized spacial score (nSPS) is 10.5. The first-order valence-electron chi connectivity index (χ1n) is 5.24. The minimum absolute atomic E-state index is 0.0291. The van der Waals surface area contributed by atoms with Crippen molar-refractivity contribution >= 4 is 17.6 Å². The molecule has 2 aromatic rings. The molecule has 2 nitrogen and oxygen atoms in total. The van der Waals surface area contributed by atoms with E-state index in [1.54, 1.807) is 6.07 Å². The Morgan fingerprint density at radius 3 is 2.21 bits per heavy atom. The van der Waals surface area contributed by atoms with Crippen LogP contribution in [-0.2, 0) is 0 Å². The molecule has 0 saturated carbocycles. The molecule has 0 fully saturated rings. The lowest BCUT2D eigenvalue weighted by Gasteiger charge is -2.07. The van der Waals surface area contributed by atoms with E-state index >= 15 is 0 Å². The second-order valence-corrected chi connectivity index (χ2v) is 4.83. The van der Waals surface area contributed by atoms with Gasteiger partial charge in [0.2, 0.25) is 0 Å². The molecule has 0 heterocycles. The van der Waals surface area contributed by atoms with E-state index in [9.17, 15) is 13.2 Å². The molecule has 0 aliphatic carbocycles. The van der Waals surface area contributed by atoms with Crippen LogP contribution in [0, 0.1) is 22.9 Å². The third-order valence-corrected chi connectivity index (χ3v) is 3.41. The smallest absolute Gasteiger partial charge is 0.140 e. The number of hydrogen-bond donors (Lipinski definition) is 2. The Morgan fingerprint density at radius 2 is 1.68 bits per heavy atom. The van der Waals surface area contributed by atoms with Crippen molar-refractivity contribution in [2.24, 2.45) is 5.73 Å². The zero-order valence-corrected chi connectivity index (χ0v) is 10.4. The molecule has 0 saturated heterocycles. The molecule has 0 amide bonds. The molecule has 0 spiro atoms. The van der Waals surface area contributed by atoms with Crippen LogP contribution in [0.1, 0.15) is 5.56 Å². The molecule has 0 radical (unpaired) electrons. The van der Waals surface area contributed by atoms with Crippen LogP contribution in [-0.4, -0.2) is 5.84 Å². The van der Waals surface area contributed by atoms with Crippen molar-refractivity contribution in [1.82, 2.24) is 0 Å². The van der Waals surface area contributed by atoms with E-state index in [0.717, 1.165) is 23.9 Å². The lowest BCUT2D eigenvalue weighted by molar-refractivity contribution is 0.540. The van der Waals surface area contributed by atoms with Crippen LogP contribution in [0.2, 0.25) is 0 Å². The molecular weight excluding hydrogens is 273 g/mol. The van der Waals surface area contributed by atoms with Gasteiger partial charge in [-0.15, -0.1) is 0 Å². The summed E-state index contributed by atoms with van der Waals surface area (Å²) in [6.45, 7) is 0. The van der Waals surface area contributed by atoms with Gasteiger partial charge in [0.15, 0.2) is 0 Å². The number of nitrogens with one attached hydrogen (secondary N) is 1. The van der Waals surface area contributed by atoms with Gasteiger partial charge in [0.25, 0.3) is 0 Å². The van der Waals surface area contributed by atoms with Crippen molar-refractivity contribution in [1.29, 1.82) is 5.41 Å². The fourth-order valence-corrected chi connectivity index (χ4v) is 2.33. The highest BCUT2D eigenvalue weighted by atomic mass is 32.2. The van der Waals surface area contributed by atoms with Gasteiger partial charge in [-0.3, -0.25) is 5.41 Å². The zero-order chi connectivity index (χ0) is 14.0. The van der Waals surface area contributed by atoms with Gasteiger partial charge in [-0.25, -0.2) is 13.2 Å². The number of nitrogens with two attached hydrogens (primary N) is 1. The Kier molecular flexibility index (Phi) is 3.80. The summed E-state index contributed by atoms with van der Waals surface area (Å²) in [4.78, 5) is 0.129. The Bertz CT molecular complexity index is 621. The largest absolute Gasteiger partial charge is 0.384 e. The number of halogens is 3. The zero-order valence-electron chi connectivity index (χ0n) is 9.58. The summed E-state index contributed by atoms with van der Waals surface area (Å²) < 4.78 is 40.5. The van der Waals surface area contributed by atoms with Gasteiger partial charge >= 0.3 is 0 Å². The minimum Gasteiger partial charge on any atom is -0.384 e. The van der Waals surface area contributed by atoms with E-state index in [2.05, 4.69) is 0 Å². The van der Waals surface area contributed by atoms with Crippen LogP contribution < -0.4 is 5.73 Å². The monoisotopic (exact) mass is 282 g/mol. The SMILES string of the molecule is N=C(N)c1cc(F)c(Sc2cccc(F)c2)c(F)c1. The molecule has 19 heavy (non-hydrogen) atoms. The first-order valence-corrected chi connectivity index (χ1v) is 6.06. The minimum atomic E-state index is -0.834. The first-order chi connectivity index (χ1) is 8.97. The number of amidine groups is 1. The van der Waals surface area contributed by atoms with E-state index in [1.165, 1.54) is 18.2 Å². The van der Waals surface area contributed by atoms with Gasteiger partial charge < -0.3 is 5.73 Å². The summed E-state index contributed by atoms with van der Waals surface area (Å²) in [5, 5.41) is 7.14. The highest BCUT2D eigenvalue weighted by molar-refractivity contribution is 7.99. The molecule has 0 aliphatic rings. The molecule has 0 bridgehead atoms. The van der Waals surface area contributed by atoms with Gasteiger partial charge in [0.1, 0.15) is 23.3 Å². The standard InChI is InChI=1S/C13H9F3N2S/c14-8-2-1-3-9(6-8)19-12-10(15)4-7(13(17)18)5-11(12)16/h1-6H,(H3,17,18). The molecule has 0 atom stereocenters. The topological polar surface area (TPSA) is 49.9 Å². The average Bonchev–Trinajstić information content (AvgIpc) is 2.33. The fourth-order valence-electron chi connectivity index (χ4n) is 1.46. The maximum atomic E-state index is 13.8. The molecule has 0 unspecified atom stereocenters. The number of rotatable bonds is 3. The lowest BCUT2D eigenvalue weighted by atomic mass is 10.2. The van der Waals surface area contributed by atoms with Crippen LogP contribution in [0.4, 0.5) is 13.2 Å². The Morgan fingerprint density at radius 1 is 1.05 bits per heavy atom. The van der Waals surface area contributed by atoms with E-state index in [0.29, 0.717) is 4.90 Å². The Hall–Kier alpha value is -1.95. The highest BCUT2D eigenvalue weighted by Gasteiger charge is 2.14. The lowest BCUT2D eigenvalue weighted by Crippen LogP contribution is -2.12. The Balaban J connectivity index is 2.38.